The predicted octanol–water partition coefficient (Wildman–Crippen LogP) is 3.90. The third kappa shape index (κ3) is 5.68. The maximum Gasteiger partial charge on any atom is 0.329 e. The van der Waals surface area contributed by atoms with E-state index >= 15 is 0 Å². The summed E-state index contributed by atoms with van der Waals surface area (Å²) < 4.78 is 6.23. The molecule has 0 aliphatic rings. The second kappa shape index (κ2) is 10.6. The van der Waals surface area contributed by atoms with Gasteiger partial charge in [0.2, 0.25) is 5.43 Å². The van der Waals surface area contributed by atoms with Gasteiger partial charge in [0.1, 0.15) is 11.8 Å². The number of rotatable bonds is 5. The Morgan fingerprint density at radius 1 is 0.857 bits per heavy atom. The average Bonchev–Trinajstić information content (AvgIpc) is 2.87. The van der Waals surface area contributed by atoms with E-state index in [1.165, 1.54) is 18.4 Å². The van der Waals surface area contributed by atoms with Crippen molar-refractivity contribution in [1.82, 2.24) is 5.43 Å². The van der Waals surface area contributed by atoms with Crippen LogP contribution in [0.5, 0.6) is 0 Å². The molecule has 4 rings (SSSR count). The Bertz CT molecular complexity index is 1510. The molecule has 0 unspecified atom stereocenters. The van der Waals surface area contributed by atoms with Crippen LogP contribution in [0.25, 0.3) is 11.0 Å². The van der Waals surface area contributed by atoms with Crippen molar-refractivity contribution in [3.63, 3.8) is 0 Å². The van der Waals surface area contributed by atoms with Crippen molar-refractivity contribution in [2.45, 2.75) is 0 Å². The molecule has 0 saturated heterocycles. The van der Waals surface area contributed by atoms with Gasteiger partial charge in [0, 0.05) is 10.2 Å². The van der Waals surface area contributed by atoms with E-state index in [0.717, 1.165) is 10.7 Å². The van der Waals surface area contributed by atoms with Crippen molar-refractivity contribution < 1.29 is 18.8 Å². The van der Waals surface area contributed by atoms with Crippen LogP contribution in [-0.2, 0) is 9.59 Å². The maximum absolute atomic E-state index is 12.7. The molecule has 0 fully saturated rings. The number of hydrogen-bond acceptors (Lipinski definition) is 6. The first-order chi connectivity index (χ1) is 16.9. The number of carbonyl (C=O) groups is 3. The zero-order valence-electron chi connectivity index (χ0n) is 17.9. The van der Waals surface area contributed by atoms with E-state index < -0.39 is 17.7 Å². The molecule has 1 aromatic heterocycles. The average molecular weight is 533 g/mol. The SMILES string of the molecule is O=C(N/N=C\c1coc2ccccc2c1=O)C(=O)Nc1ccccc1C(=O)Nc1ccc(Br)cc1. The van der Waals surface area contributed by atoms with Gasteiger partial charge in [-0.1, -0.05) is 40.2 Å². The number of nitrogens with zero attached hydrogens (tertiary/aromatic N) is 1. The number of fused-ring (bicyclic) bond motifs is 1. The third-order valence-corrected chi connectivity index (χ3v) is 5.33. The zero-order valence-corrected chi connectivity index (χ0v) is 19.5. The van der Waals surface area contributed by atoms with Crippen LogP contribution in [0.4, 0.5) is 11.4 Å². The van der Waals surface area contributed by atoms with Crippen molar-refractivity contribution in [2.75, 3.05) is 10.6 Å². The van der Waals surface area contributed by atoms with Crippen LogP contribution in [0, 0.1) is 0 Å². The van der Waals surface area contributed by atoms with Gasteiger partial charge in [0.05, 0.1) is 28.4 Å². The number of amides is 3. The van der Waals surface area contributed by atoms with Gasteiger partial charge in [-0.05, 0) is 48.5 Å². The van der Waals surface area contributed by atoms with Crippen molar-refractivity contribution in [3.8, 4) is 0 Å². The molecule has 0 atom stereocenters. The minimum atomic E-state index is -1.09. The summed E-state index contributed by atoms with van der Waals surface area (Å²) in [5.74, 6) is -2.60. The smallest absolute Gasteiger partial charge is 0.329 e. The molecular weight excluding hydrogens is 516 g/mol. The molecule has 10 heteroatoms. The summed E-state index contributed by atoms with van der Waals surface area (Å²) in [7, 11) is 0. The number of carbonyl (C=O) groups excluding carboxylic acids is 3. The summed E-state index contributed by atoms with van der Waals surface area (Å²) in [5.41, 5.74) is 3.09. The highest BCUT2D eigenvalue weighted by molar-refractivity contribution is 9.10. The molecule has 0 saturated carbocycles. The quantitative estimate of drug-likeness (QED) is 0.204. The summed E-state index contributed by atoms with van der Waals surface area (Å²) in [6.07, 6.45) is 2.30. The highest BCUT2D eigenvalue weighted by Crippen LogP contribution is 2.19. The van der Waals surface area contributed by atoms with Gasteiger partial charge < -0.3 is 15.1 Å². The fourth-order valence-corrected chi connectivity index (χ4v) is 3.36. The van der Waals surface area contributed by atoms with E-state index in [2.05, 4.69) is 37.1 Å². The Balaban J connectivity index is 1.41. The molecular formula is C25H17BrN4O5. The number of benzene rings is 3. The molecule has 3 aromatic carbocycles. The van der Waals surface area contributed by atoms with Gasteiger partial charge in [-0.2, -0.15) is 5.10 Å². The Morgan fingerprint density at radius 2 is 1.57 bits per heavy atom. The summed E-state index contributed by atoms with van der Waals surface area (Å²) in [5, 5.41) is 9.15. The highest BCUT2D eigenvalue weighted by atomic mass is 79.9. The maximum atomic E-state index is 12.7. The standard InChI is InChI=1S/C25H17BrN4O5/c26-16-9-11-17(12-10-16)28-23(32)18-5-1-3-7-20(18)29-24(33)25(34)30-27-13-15-14-35-21-8-4-2-6-19(21)22(15)31/h1-14H,(H,28,32)(H,29,33)(H,30,34)/b27-13-. The molecule has 4 aromatic rings. The minimum absolute atomic E-state index is 0.0966. The van der Waals surface area contributed by atoms with Gasteiger partial charge in [-0.15, -0.1) is 0 Å². The van der Waals surface area contributed by atoms with Crippen molar-refractivity contribution >= 4 is 62.2 Å². The molecule has 3 amide bonds. The van der Waals surface area contributed by atoms with Crippen LogP contribution < -0.4 is 21.5 Å². The summed E-state index contributed by atoms with van der Waals surface area (Å²) >= 11 is 3.32. The van der Waals surface area contributed by atoms with Gasteiger partial charge in [0.25, 0.3) is 5.91 Å². The Morgan fingerprint density at radius 3 is 2.37 bits per heavy atom. The molecule has 3 N–H and O–H groups in total. The third-order valence-electron chi connectivity index (χ3n) is 4.80. The second-order valence-electron chi connectivity index (χ2n) is 7.18. The first kappa shape index (κ1) is 23.6. The van der Waals surface area contributed by atoms with Crippen LogP contribution in [0.2, 0.25) is 0 Å². The molecule has 174 valence electrons. The van der Waals surface area contributed by atoms with E-state index in [1.54, 1.807) is 60.7 Å². The minimum Gasteiger partial charge on any atom is -0.463 e. The monoisotopic (exact) mass is 532 g/mol. The lowest BCUT2D eigenvalue weighted by atomic mass is 10.1. The summed E-state index contributed by atoms with van der Waals surface area (Å²) in [6, 6.07) is 19.9. The molecule has 35 heavy (non-hydrogen) atoms. The number of hydrogen-bond donors (Lipinski definition) is 3. The summed E-state index contributed by atoms with van der Waals surface area (Å²) in [4.78, 5) is 49.7. The van der Waals surface area contributed by atoms with Gasteiger partial charge in [-0.3, -0.25) is 19.2 Å². The lowest BCUT2D eigenvalue weighted by molar-refractivity contribution is -0.136. The van der Waals surface area contributed by atoms with Gasteiger partial charge >= 0.3 is 11.8 Å². The fourth-order valence-electron chi connectivity index (χ4n) is 3.09. The molecule has 0 spiro atoms. The number of nitrogens with one attached hydrogen (secondary N) is 3. The Kier molecular flexibility index (Phi) is 7.12. The topological polar surface area (TPSA) is 130 Å². The lowest BCUT2D eigenvalue weighted by Crippen LogP contribution is -2.33. The van der Waals surface area contributed by atoms with E-state index in [-0.39, 0.29) is 22.2 Å². The normalized spacial score (nSPS) is 10.8. The molecule has 0 bridgehead atoms. The van der Waals surface area contributed by atoms with Crippen LogP contribution in [0.3, 0.4) is 0 Å². The Labute approximate surface area is 207 Å². The van der Waals surface area contributed by atoms with Crippen molar-refractivity contribution in [2.24, 2.45) is 5.10 Å². The summed E-state index contributed by atoms with van der Waals surface area (Å²) in [6.45, 7) is 0. The second-order valence-corrected chi connectivity index (χ2v) is 8.09. The number of para-hydroxylation sites is 2. The zero-order chi connectivity index (χ0) is 24.8. The predicted molar refractivity (Wildman–Crippen MR) is 135 cm³/mol. The molecule has 0 radical (unpaired) electrons. The molecule has 1 heterocycles. The van der Waals surface area contributed by atoms with E-state index in [4.69, 9.17) is 4.42 Å². The molecule has 0 aliphatic heterocycles. The Hall–Kier alpha value is -4.57. The van der Waals surface area contributed by atoms with Crippen molar-refractivity contribution in [1.29, 1.82) is 0 Å². The molecule has 9 nitrogen and oxygen atoms in total. The van der Waals surface area contributed by atoms with E-state index in [9.17, 15) is 19.2 Å². The number of halogens is 1. The van der Waals surface area contributed by atoms with E-state index in [0.29, 0.717) is 16.7 Å². The highest BCUT2D eigenvalue weighted by Gasteiger charge is 2.18. The van der Waals surface area contributed by atoms with Gasteiger partial charge in [-0.25, -0.2) is 5.43 Å². The van der Waals surface area contributed by atoms with Gasteiger partial charge in [0.15, 0.2) is 0 Å². The van der Waals surface area contributed by atoms with Crippen LogP contribution in [0.15, 0.2) is 97.8 Å². The fraction of sp³-hybridized carbons (Fsp3) is 0. The molecule has 0 aliphatic carbocycles. The first-order valence-electron chi connectivity index (χ1n) is 10.2. The lowest BCUT2D eigenvalue weighted by Gasteiger charge is -2.11. The van der Waals surface area contributed by atoms with Crippen LogP contribution in [0.1, 0.15) is 15.9 Å². The van der Waals surface area contributed by atoms with Crippen LogP contribution in [-0.4, -0.2) is 23.9 Å². The largest absolute Gasteiger partial charge is 0.463 e. The van der Waals surface area contributed by atoms with Crippen molar-refractivity contribution in [3.05, 3.63) is 105 Å². The van der Waals surface area contributed by atoms with Crippen LogP contribution >= 0.6 is 15.9 Å². The number of anilines is 2. The van der Waals surface area contributed by atoms with E-state index in [1.807, 2.05) is 0 Å². The number of hydrazone groups is 1. The first-order valence-corrected chi connectivity index (χ1v) is 11.0.